The van der Waals surface area contributed by atoms with Crippen molar-refractivity contribution in [3.63, 3.8) is 0 Å². The molecule has 7 nitrogen and oxygen atoms in total. The summed E-state index contributed by atoms with van der Waals surface area (Å²) in [4.78, 5) is 38.0. The number of methoxy groups -OCH3 is 1. The van der Waals surface area contributed by atoms with E-state index in [1.54, 1.807) is 32.2 Å². The number of imide groups is 1. The number of carboxylic acid groups (broad SMARTS) is 1. The molecule has 0 bridgehead atoms. The molecule has 23 heavy (non-hydrogen) atoms. The zero-order chi connectivity index (χ0) is 17.1. The zero-order valence-corrected chi connectivity index (χ0v) is 14.4. The Morgan fingerprint density at radius 1 is 1.39 bits per heavy atom. The maximum Gasteiger partial charge on any atom is 0.327 e. The number of hydrogen-bond acceptors (Lipinski definition) is 4. The van der Waals surface area contributed by atoms with Crippen molar-refractivity contribution in [2.45, 2.75) is 25.9 Å². The fraction of sp³-hybridized carbons (Fsp3) is 0.400. The predicted molar refractivity (Wildman–Crippen MR) is 85.1 cm³/mol. The number of carboxylic acids is 1. The molecule has 2 rings (SSSR count). The second kappa shape index (κ2) is 6.99. The largest absolute Gasteiger partial charge is 0.496 e. The Morgan fingerprint density at radius 2 is 2.09 bits per heavy atom. The van der Waals surface area contributed by atoms with Crippen LogP contribution in [0.4, 0.5) is 4.79 Å². The molecule has 8 heteroatoms. The van der Waals surface area contributed by atoms with Gasteiger partial charge in [-0.3, -0.25) is 14.5 Å². The molecule has 124 valence electrons. The predicted octanol–water partition coefficient (Wildman–Crippen LogP) is 2.09. The lowest BCUT2D eigenvalue weighted by Crippen LogP contribution is -2.36. The molecule has 1 fully saturated rings. The van der Waals surface area contributed by atoms with Crippen molar-refractivity contribution in [1.29, 1.82) is 0 Å². The van der Waals surface area contributed by atoms with Gasteiger partial charge in [-0.1, -0.05) is 6.07 Å². The van der Waals surface area contributed by atoms with Gasteiger partial charge in [0.2, 0.25) is 0 Å². The summed E-state index contributed by atoms with van der Waals surface area (Å²) in [6.45, 7) is 2.05. The van der Waals surface area contributed by atoms with Gasteiger partial charge in [-0.2, -0.15) is 0 Å². The van der Waals surface area contributed by atoms with E-state index in [-0.39, 0.29) is 13.1 Å². The third-order valence-electron chi connectivity index (χ3n) is 3.66. The number of benzene rings is 1. The van der Waals surface area contributed by atoms with Gasteiger partial charge < -0.3 is 14.7 Å². The monoisotopic (exact) mass is 384 g/mol. The lowest BCUT2D eigenvalue weighted by molar-refractivity contribution is -0.141. The number of carbonyl (C=O) groups is 3. The number of rotatable bonds is 6. The SMILES string of the molecule is CCN1C(=O)[C@H](CC(=O)O)N(Cc2ccc(OC)c(Br)c2)C1=O. The Bertz CT molecular complexity index is 649. The minimum Gasteiger partial charge on any atom is -0.496 e. The van der Waals surface area contributed by atoms with Gasteiger partial charge in [0.25, 0.3) is 5.91 Å². The summed E-state index contributed by atoms with van der Waals surface area (Å²) in [6, 6.07) is 3.86. The third kappa shape index (κ3) is 3.47. The van der Waals surface area contributed by atoms with Crippen molar-refractivity contribution in [3.05, 3.63) is 28.2 Å². The molecule has 1 heterocycles. The summed E-state index contributed by atoms with van der Waals surface area (Å²) >= 11 is 3.36. The number of nitrogens with zero attached hydrogens (tertiary/aromatic N) is 2. The van der Waals surface area contributed by atoms with E-state index < -0.39 is 30.4 Å². The highest BCUT2D eigenvalue weighted by Gasteiger charge is 2.45. The molecule has 0 spiro atoms. The number of hydrogen-bond donors (Lipinski definition) is 1. The zero-order valence-electron chi connectivity index (χ0n) is 12.8. The van der Waals surface area contributed by atoms with E-state index in [4.69, 9.17) is 9.84 Å². The maximum absolute atomic E-state index is 12.4. The first-order valence-corrected chi connectivity index (χ1v) is 7.84. The average molecular weight is 385 g/mol. The summed E-state index contributed by atoms with van der Waals surface area (Å²) in [5.41, 5.74) is 0.771. The van der Waals surface area contributed by atoms with Crippen molar-refractivity contribution >= 4 is 33.8 Å². The molecule has 0 unspecified atom stereocenters. The smallest absolute Gasteiger partial charge is 0.327 e. The van der Waals surface area contributed by atoms with E-state index >= 15 is 0 Å². The molecule has 0 saturated carbocycles. The van der Waals surface area contributed by atoms with Crippen molar-refractivity contribution in [2.24, 2.45) is 0 Å². The van der Waals surface area contributed by atoms with Gasteiger partial charge in [0, 0.05) is 13.1 Å². The molecular formula is C15H17BrN2O5. The van der Waals surface area contributed by atoms with Gasteiger partial charge in [-0.15, -0.1) is 0 Å². The second-order valence-corrected chi connectivity index (χ2v) is 5.93. The van der Waals surface area contributed by atoms with Crippen LogP contribution in [0.25, 0.3) is 0 Å². The fourth-order valence-electron chi connectivity index (χ4n) is 2.53. The van der Waals surface area contributed by atoms with E-state index in [1.165, 1.54) is 4.90 Å². The molecule has 0 aliphatic carbocycles. The van der Waals surface area contributed by atoms with E-state index in [1.807, 2.05) is 0 Å². The van der Waals surface area contributed by atoms with Crippen molar-refractivity contribution in [1.82, 2.24) is 9.80 Å². The first-order chi connectivity index (χ1) is 10.9. The van der Waals surface area contributed by atoms with Crippen LogP contribution >= 0.6 is 15.9 Å². The highest BCUT2D eigenvalue weighted by atomic mass is 79.9. The van der Waals surface area contributed by atoms with Crippen LogP contribution in [0.2, 0.25) is 0 Å². The number of ether oxygens (including phenoxy) is 1. The standard InChI is InChI=1S/C15H17BrN2O5/c1-3-17-14(21)11(7-13(19)20)18(15(17)22)8-9-4-5-12(23-2)10(16)6-9/h4-6,11H,3,7-8H2,1-2H3,(H,19,20)/t11-/m0/s1. The first-order valence-electron chi connectivity index (χ1n) is 7.05. The molecular weight excluding hydrogens is 368 g/mol. The van der Waals surface area contributed by atoms with Crippen molar-refractivity contribution in [2.75, 3.05) is 13.7 Å². The molecule has 1 aliphatic rings. The van der Waals surface area contributed by atoms with Gasteiger partial charge in [0.1, 0.15) is 11.8 Å². The number of carbonyl (C=O) groups excluding carboxylic acids is 2. The van der Waals surface area contributed by atoms with Gasteiger partial charge in [-0.25, -0.2) is 4.79 Å². The third-order valence-corrected chi connectivity index (χ3v) is 4.28. The Balaban J connectivity index is 2.27. The molecule has 1 atom stereocenters. The molecule has 3 amide bonds. The highest BCUT2D eigenvalue weighted by molar-refractivity contribution is 9.10. The van der Waals surface area contributed by atoms with Crippen LogP contribution in [0.15, 0.2) is 22.7 Å². The van der Waals surface area contributed by atoms with E-state index in [0.717, 1.165) is 14.9 Å². The number of likely N-dealkylation sites (N-methyl/N-ethyl adjacent to an activating group) is 1. The minimum absolute atomic E-state index is 0.154. The number of aliphatic carboxylic acids is 1. The van der Waals surface area contributed by atoms with E-state index in [9.17, 15) is 14.4 Å². The van der Waals surface area contributed by atoms with Crippen LogP contribution in [0.3, 0.4) is 0 Å². The number of urea groups is 1. The normalized spacial score (nSPS) is 17.8. The van der Waals surface area contributed by atoms with Crippen LogP contribution in [0.5, 0.6) is 5.75 Å². The summed E-state index contributed by atoms with van der Waals surface area (Å²) in [7, 11) is 1.55. The molecule has 0 aromatic heterocycles. The van der Waals surface area contributed by atoms with Crippen LogP contribution in [-0.2, 0) is 16.1 Å². The van der Waals surface area contributed by atoms with Gasteiger partial charge in [-0.05, 0) is 40.5 Å². The fourth-order valence-corrected chi connectivity index (χ4v) is 3.12. The molecule has 0 radical (unpaired) electrons. The number of amides is 3. The molecule has 1 N–H and O–H groups in total. The lowest BCUT2D eigenvalue weighted by atomic mass is 10.1. The number of halogens is 1. The Kier molecular flexibility index (Phi) is 5.25. The topological polar surface area (TPSA) is 87.2 Å². The quantitative estimate of drug-likeness (QED) is 0.758. The van der Waals surface area contributed by atoms with Gasteiger partial charge in [0.05, 0.1) is 18.0 Å². The Morgan fingerprint density at radius 3 is 2.61 bits per heavy atom. The highest BCUT2D eigenvalue weighted by Crippen LogP contribution is 2.28. The Hall–Kier alpha value is -2.09. The van der Waals surface area contributed by atoms with Crippen LogP contribution in [0, 0.1) is 0 Å². The molecule has 1 aromatic carbocycles. The van der Waals surface area contributed by atoms with Crippen LogP contribution in [0.1, 0.15) is 18.9 Å². The summed E-state index contributed by atoms with van der Waals surface area (Å²) < 4.78 is 5.87. The first kappa shape index (κ1) is 17.3. The minimum atomic E-state index is -1.12. The van der Waals surface area contributed by atoms with Crippen LogP contribution in [-0.4, -0.2) is 52.5 Å². The summed E-state index contributed by atoms with van der Waals surface area (Å²) in [5, 5.41) is 9.00. The maximum atomic E-state index is 12.4. The van der Waals surface area contributed by atoms with Gasteiger partial charge in [0.15, 0.2) is 0 Å². The summed E-state index contributed by atoms with van der Waals surface area (Å²) in [5.74, 6) is -0.933. The van der Waals surface area contributed by atoms with E-state index in [0.29, 0.717) is 5.75 Å². The van der Waals surface area contributed by atoms with Gasteiger partial charge >= 0.3 is 12.0 Å². The van der Waals surface area contributed by atoms with Crippen molar-refractivity contribution in [3.8, 4) is 5.75 Å². The Labute approximate surface area is 141 Å². The molecule has 1 aromatic rings. The van der Waals surface area contributed by atoms with Crippen molar-refractivity contribution < 1.29 is 24.2 Å². The molecule has 1 saturated heterocycles. The lowest BCUT2D eigenvalue weighted by Gasteiger charge is -2.21. The summed E-state index contributed by atoms with van der Waals surface area (Å²) in [6.07, 6.45) is -0.404. The average Bonchev–Trinajstić information content (AvgIpc) is 2.71. The van der Waals surface area contributed by atoms with E-state index in [2.05, 4.69) is 15.9 Å². The van der Waals surface area contributed by atoms with Crippen LogP contribution < -0.4 is 4.74 Å². The second-order valence-electron chi connectivity index (χ2n) is 5.08. The molecule has 1 aliphatic heterocycles.